The van der Waals surface area contributed by atoms with Gasteiger partial charge >= 0.3 is 0 Å². The van der Waals surface area contributed by atoms with Gasteiger partial charge in [0, 0.05) is 31.1 Å². The van der Waals surface area contributed by atoms with Crippen molar-refractivity contribution < 1.29 is 23.0 Å². The molecule has 5 rings (SSSR count). The Labute approximate surface area is 172 Å². The first-order valence-electron chi connectivity index (χ1n) is 10.7. The molecule has 0 aliphatic carbocycles. The Bertz CT molecular complexity index is 896. The zero-order valence-electron chi connectivity index (χ0n) is 17.1. The van der Waals surface area contributed by atoms with Crippen LogP contribution in [0.15, 0.2) is 18.2 Å². The molecule has 0 aromatic heterocycles. The van der Waals surface area contributed by atoms with Crippen LogP contribution in [0.5, 0.6) is 11.5 Å². The lowest BCUT2D eigenvalue weighted by Gasteiger charge is -2.54. The topological polar surface area (TPSA) is 79.3 Å². The number of hydrogen-bond donors (Lipinski definition) is 1. The normalized spacial score (nSPS) is 34.7. The summed E-state index contributed by atoms with van der Waals surface area (Å²) in [6.45, 7) is 5.80. The van der Waals surface area contributed by atoms with Crippen molar-refractivity contribution in [3.63, 3.8) is 0 Å². The molecule has 0 saturated carbocycles. The largest absolute Gasteiger partial charge is 0.504 e. The van der Waals surface area contributed by atoms with Crippen molar-refractivity contribution in [1.82, 2.24) is 8.61 Å². The highest BCUT2D eigenvalue weighted by Gasteiger charge is 2.54. The Morgan fingerprint density at radius 2 is 1.90 bits per heavy atom. The number of piperidine rings is 1. The Balaban J connectivity index is 1.49. The predicted octanol–water partition coefficient (Wildman–Crippen LogP) is 2.81. The van der Waals surface area contributed by atoms with E-state index in [1.54, 1.807) is 14.7 Å². The summed E-state index contributed by atoms with van der Waals surface area (Å²) in [4.78, 5) is 0. The lowest BCUT2D eigenvalue weighted by atomic mass is 9.73. The molecule has 3 saturated heterocycles. The number of hydrogen-bond acceptors (Lipinski definition) is 5. The second-order valence-electron chi connectivity index (χ2n) is 9.27. The van der Waals surface area contributed by atoms with E-state index in [0.717, 1.165) is 31.2 Å². The van der Waals surface area contributed by atoms with Gasteiger partial charge in [-0.05, 0) is 52.0 Å². The van der Waals surface area contributed by atoms with Crippen molar-refractivity contribution in [2.24, 2.45) is 5.92 Å². The number of ether oxygens (including phenoxy) is 2. The van der Waals surface area contributed by atoms with Gasteiger partial charge in [-0.1, -0.05) is 12.1 Å². The minimum absolute atomic E-state index is 0.00688. The molecule has 0 unspecified atom stereocenters. The first-order chi connectivity index (χ1) is 13.8. The van der Waals surface area contributed by atoms with E-state index in [4.69, 9.17) is 9.47 Å². The maximum atomic E-state index is 13.3. The Morgan fingerprint density at radius 3 is 2.66 bits per heavy atom. The first-order valence-corrected chi connectivity index (χ1v) is 12.1. The molecule has 0 radical (unpaired) electrons. The van der Waals surface area contributed by atoms with Crippen LogP contribution in [0.2, 0.25) is 0 Å². The van der Waals surface area contributed by atoms with Gasteiger partial charge in [0.05, 0.1) is 18.2 Å². The average molecular weight is 423 g/mol. The zero-order chi connectivity index (χ0) is 20.4. The molecule has 3 fully saturated rings. The van der Waals surface area contributed by atoms with Gasteiger partial charge in [0.25, 0.3) is 10.2 Å². The molecule has 4 atom stereocenters. The lowest BCUT2D eigenvalue weighted by molar-refractivity contribution is -0.180. The van der Waals surface area contributed by atoms with Gasteiger partial charge in [0.1, 0.15) is 5.60 Å². The number of para-hydroxylation sites is 1. The third kappa shape index (κ3) is 3.07. The van der Waals surface area contributed by atoms with Crippen molar-refractivity contribution in [2.45, 2.75) is 69.8 Å². The Hall–Kier alpha value is -1.35. The summed E-state index contributed by atoms with van der Waals surface area (Å²) in [5.74, 6) is 0.628. The monoisotopic (exact) mass is 422 g/mol. The number of phenols is 1. The lowest BCUT2D eigenvalue weighted by Crippen LogP contribution is -2.61. The van der Waals surface area contributed by atoms with E-state index in [9.17, 15) is 13.5 Å². The summed E-state index contributed by atoms with van der Waals surface area (Å²) in [6.07, 6.45) is 3.90. The standard InChI is InChI=1S/C21H30N2O5S/c1-21(2)15-13-16-18(27-19(15)14-7-5-8-17(24)20(14)28-21)9-6-12-23(16)29(25,26)22-10-3-4-11-22/h5,7-8,15-16,18-19,24H,3-4,6,9-13H2,1-2H3/t15-,16-,18-,19+/m1/s1. The average Bonchev–Trinajstić information content (AvgIpc) is 3.23. The minimum Gasteiger partial charge on any atom is -0.504 e. The van der Waals surface area contributed by atoms with Crippen molar-refractivity contribution in [2.75, 3.05) is 19.6 Å². The fourth-order valence-electron chi connectivity index (χ4n) is 5.60. The summed E-state index contributed by atoms with van der Waals surface area (Å²) in [5, 5.41) is 10.3. The highest BCUT2D eigenvalue weighted by atomic mass is 32.2. The molecule has 0 amide bonds. The van der Waals surface area contributed by atoms with E-state index in [2.05, 4.69) is 0 Å². The van der Waals surface area contributed by atoms with Crippen LogP contribution >= 0.6 is 0 Å². The SMILES string of the molecule is CC1(C)Oc2c(O)cccc2[C@@H]2O[C@@H]3CCCN(S(=O)(=O)N4CCCC4)[C@@H]3C[C@H]21. The molecular weight excluding hydrogens is 392 g/mol. The van der Waals surface area contributed by atoms with E-state index in [1.807, 2.05) is 26.0 Å². The molecule has 4 aliphatic heterocycles. The summed E-state index contributed by atoms with van der Waals surface area (Å²) in [6, 6.07) is 5.22. The molecule has 1 aromatic carbocycles. The summed E-state index contributed by atoms with van der Waals surface area (Å²) in [7, 11) is -3.47. The molecule has 29 heavy (non-hydrogen) atoms. The molecular formula is C21H30N2O5S. The first kappa shape index (κ1) is 19.6. The fourth-order valence-corrected chi connectivity index (χ4v) is 7.54. The molecule has 160 valence electrons. The molecule has 4 heterocycles. The summed E-state index contributed by atoms with van der Waals surface area (Å²) >= 11 is 0. The third-order valence-electron chi connectivity index (χ3n) is 7.13. The molecule has 4 aliphatic rings. The minimum atomic E-state index is -3.47. The van der Waals surface area contributed by atoms with E-state index in [1.165, 1.54) is 0 Å². The second-order valence-corrected chi connectivity index (χ2v) is 11.2. The Morgan fingerprint density at radius 1 is 1.14 bits per heavy atom. The highest BCUT2D eigenvalue weighted by molar-refractivity contribution is 7.86. The maximum absolute atomic E-state index is 13.3. The van der Waals surface area contributed by atoms with Crippen molar-refractivity contribution >= 4 is 10.2 Å². The molecule has 0 spiro atoms. The van der Waals surface area contributed by atoms with Gasteiger partial charge in [-0.3, -0.25) is 0 Å². The van der Waals surface area contributed by atoms with Crippen LogP contribution in [0.3, 0.4) is 0 Å². The summed E-state index contributed by atoms with van der Waals surface area (Å²) < 4.78 is 42.8. The van der Waals surface area contributed by atoms with E-state index in [0.29, 0.717) is 31.8 Å². The van der Waals surface area contributed by atoms with Gasteiger partial charge in [-0.25, -0.2) is 0 Å². The number of rotatable bonds is 2. The third-order valence-corrected chi connectivity index (χ3v) is 9.19. The van der Waals surface area contributed by atoms with Gasteiger partial charge in [-0.15, -0.1) is 0 Å². The molecule has 8 heteroatoms. The second kappa shape index (κ2) is 6.83. The Kier molecular flexibility index (Phi) is 4.62. The highest BCUT2D eigenvalue weighted by Crippen LogP contribution is 2.54. The molecule has 0 bridgehead atoms. The number of benzene rings is 1. The van der Waals surface area contributed by atoms with Crippen LogP contribution < -0.4 is 4.74 Å². The number of fused-ring (bicyclic) bond motifs is 4. The van der Waals surface area contributed by atoms with Crippen LogP contribution in [0.25, 0.3) is 0 Å². The zero-order valence-corrected chi connectivity index (χ0v) is 17.9. The number of nitrogens with zero attached hydrogens (tertiary/aromatic N) is 2. The van der Waals surface area contributed by atoms with Crippen LogP contribution in [-0.2, 0) is 14.9 Å². The van der Waals surface area contributed by atoms with Gasteiger partial charge in [0.15, 0.2) is 11.5 Å². The van der Waals surface area contributed by atoms with Crippen LogP contribution in [0.1, 0.15) is 57.6 Å². The number of phenolic OH excluding ortho intramolecular Hbond substituents is 1. The van der Waals surface area contributed by atoms with Crippen molar-refractivity contribution in [1.29, 1.82) is 0 Å². The van der Waals surface area contributed by atoms with Crippen molar-refractivity contribution in [3.8, 4) is 11.5 Å². The van der Waals surface area contributed by atoms with E-state index >= 15 is 0 Å². The van der Waals surface area contributed by atoms with Gasteiger partial charge < -0.3 is 14.6 Å². The van der Waals surface area contributed by atoms with E-state index in [-0.39, 0.29) is 29.9 Å². The quantitative estimate of drug-likeness (QED) is 0.793. The number of aromatic hydroxyl groups is 1. The summed E-state index contributed by atoms with van der Waals surface area (Å²) in [5.41, 5.74) is 0.300. The molecule has 7 nitrogen and oxygen atoms in total. The predicted molar refractivity (Wildman–Crippen MR) is 108 cm³/mol. The van der Waals surface area contributed by atoms with Crippen molar-refractivity contribution in [3.05, 3.63) is 23.8 Å². The molecule has 1 N–H and O–H groups in total. The smallest absolute Gasteiger partial charge is 0.282 e. The van der Waals surface area contributed by atoms with Gasteiger partial charge in [0.2, 0.25) is 0 Å². The van der Waals surface area contributed by atoms with Crippen LogP contribution in [0.4, 0.5) is 0 Å². The van der Waals surface area contributed by atoms with E-state index < -0.39 is 15.8 Å². The van der Waals surface area contributed by atoms with Gasteiger partial charge in [-0.2, -0.15) is 17.0 Å². The van der Waals surface area contributed by atoms with Crippen LogP contribution in [0, 0.1) is 5.92 Å². The van der Waals surface area contributed by atoms with Crippen LogP contribution in [-0.4, -0.2) is 59.5 Å². The molecule has 1 aromatic rings. The maximum Gasteiger partial charge on any atom is 0.282 e. The fraction of sp³-hybridized carbons (Fsp3) is 0.714.